The lowest BCUT2D eigenvalue weighted by Gasteiger charge is -2.21. The number of benzene rings is 3. The Kier molecular flexibility index (Phi) is 3.37. The van der Waals surface area contributed by atoms with Crippen molar-refractivity contribution in [2.75, 3.05) is 5.32 Å². The largest absolute Gasteiger partial charge is 0.340 e. The van der Waals surface area contributed by atoms with E-state index in [0.717, 1.165) is 44.5 Å². The van der Waals surface area contributed by atoms with Crippen LogP contribution in [0.5, 0.6) is 0 Å². The molecule has 0 bridgehead atoms. The Balaban J connectivity index is 1.75. The fraction of sp³-hybridized carbons (Fsp3) is 0.0833. The molecule has 5 rings (SSSR count). The van der Waals surface area contributed by atoms with E-state index in [-0.39, 0.29) is 5.78 Å². The van der Waals surface area contributed by atoms with Crippen molar-refractivity contribution < 1.29 is 4.79 Å². The smallest absolute Gasteiger partial charge is 0.194 e. The van der Waals surface area contributed by atoms with E-state index < -0.39 is 0 Å². The molecule has 1 aliphatic carbocycles. The molecule has 1 aliphatic rings. The van der Waals surface area contributed by atoms with Crippen molar-refractivity contribution in [2.24, 2.45) is 0 Å². The van der Waals surface area contributed by atoms with Gasteiger partial charge in [-0.1, -0.05) is 60.2 Å². The molecule has 0 radical (unpaired) electrons. The van der Waals surface area contributed by atoms with Crippen molar-refractivity contribution in [1.29, 1.82) is 0 Å². The second-order valence-electron chi connectivity index (χ2n) is 7.07. The molecule has 3 nitrogen and oxygen atoms in total. The second-order valence-corrected chi connectivity index (χ2v) is 7.07. The molecule has 0 fully saturated rings. The highest BCUT2D eigenvalue weighted by atomic mass is 16.1. The monoisotopic (exact) mass is 350 g/mol. The van der Waals surface area contributed by atoms with E-state index in [0.29, 0.717) is 0 Å². The molecular formula is C24H18N2O. The first kappa shape index (κ1) is 15.8. The molecule has 0 saturated carbocycles. The molecular weight excluding hydrogens is 332 g/mol. The summed E-state index contributed by atoms with van der Waals surface area (Å²) in [5.41, 5.74) is 6.88. The number of carbonyl (C=O) groups excluding carboxylic acids is 1. The minimum atomic E-state index is 0.0763. The quantitative estimate of drug-likeness (QED) is 0.437. The van der Waals surface area contributed by atoms with Crippen LogP contribution in [0.25, 0.3) is 21.9 Å². The SMILES string of the molecule is Cc1ccc(Nc2ncc3c4c(cccc24)C(=O)c2ccccc2-3)c(C)c1. The van der Waals surface area contributed by atoms with Gasteiger partial charge >= 0.3 is 0 Å². The Morgan fingerprint density at radius 1 is 0.815 bits per heavy atom. The molecule has 0 amide bonds. The number of aryl methyl sites for hydroxylation is 2. The van der Waals surface area contributed by atoms with Crippen molar-refractivity contribution in [3.05, 3.63) is 89.1 Å². The van der Waals surface area contributed by atoms with Gasteiger partial charge in [-0.05, 0) is 31.0 Å². The molecule has 1 N–H and O–H groups in total. The van der Waals surface area contributed by atoms with Gasteiger partial charge in [0.25, 0.3) is 0 Å². The number of rotatable bonds is 2. The Bertz CT molecular complexity index is 1240. The van der Waals surface area contributed by atoms with E-state index in [1.807, 2.05) is 48.7 Å². The summed E-state index contributed by atoms with van der Waals surface area (Å²) >= 11 is 0. The van der Waals surface area contributed by atoms with Crippen LogP contribution in [0.1, 0.15) is 27.0 Å². The van der Waals surface area contributed by atoms with E-state index in [2.05, 4.69) is 37.4 Å². The van der Waals surface area contributed by atoms with Crippen LogP contribution in [0.15, 0.2) is 66.9 Å². The maximum atomic E-state index is 13.0. The number of nitrogens with zero attached hydrogens (tertiary/aromatic N) is 1. The van der Waals surface area contributed by atoms with Gasteiger partial charge in [-0.2, -0.15) is 0 Å². The van der Waals surface area contributed by atoms with Gasteiger partial charge in [-0.3, -0.25) is 4.79 Å². The van der Waals surface area contributed by atoms with Crippen LogP contribution in [-0.2, 0) is 0 Å². The van der Waals surface area contributed by atoms with E-state index in [1.165, 1.54) is 11.1 Å². The molecule has 0 unspecified atom stereocenters. The minimum Gasteiger partial charge on any atom is -0.340 e. The van der Waals surface area contributed by atoms with Gasteiger partial charge < -0.3 is 5.32 Å². The lowest BCUT2D eigenvalue weighted by atomic mass is 9.84. The first-order valence-electron chi connectivity index (χ1n) is 9.03. The highest BCUT2D eigenvalue weighted by Crippen LogP contribution is 2.41. The predicted molar refractivity (Wildman–Crippen MR) is 110 cm³/mol. The molecule has 27 heavy (non-hydrogen) atoms. The maximum absolute atomic E-state index is 13.0. The van der Waals surface area contributed by atoms with Crippen LogP contribution in [0, 0.1) is 13.8 Å². The summed E-state index contributed by atoms with van der Waals surface area (Å²) in [6.45, 7) is 4.17. The Morgan fingerprint density at radius 3 is 2.41 bits per heavy atom. The minimum absolute atomic E-state index is 0.0763. The third-order valence-corrected chi connectivity index (χ3v) is 5.25. The van der Waals surface area contributed by atoms with Crippen molar-refractivity contribution >= 4 is 28.1 Å². The zero-order valence-corrected chi connectivity index (χ0v) is 15.2. The molecule has 4 aromatic rings. The molecule has 1 heterocycles. The first-order valence-corrected chi connectivity index (χ1v) is 9.03. The number of fused-ring (bicyclic) bond motifs is 2. The van der Waals surface area contributed by atoms with Crippen LogP contribution >= 0.6 is 0 Å². The molecule has 3 aromatic carbocycles. The van der Waals surface area contributed by atoms with Gasteiger partial charge in [-0.25, -0.2) is 4.98 Å². The fourth-order valence-electron chi connectivity index (χ4n) is 3.94. The van der Waals surface area contributed by atoms with Gasteiger partial charge in [0.15, 0.2) is 5.78 Å². The summed E-state index contributed by atoms with van der Waals surface area (Å²) in [5, 5.41) is 5.40. The summed E-state index contributed by atoms with van der Waals surface area (Å²) < 4.78 is 0. The fourth-order valence-corrected chi connectivity index (χ4v) is 3.94. The van der Waals surface area contributed by atoms with E-state index >= 15 is 0 Å². The van der Waals surface area contributed by atoms with Crippen LogP contribution < -0.4 is 5.32 Å². The zero-order chi connectivity index (χ0) is 18.5. The number of carbonyl (C=O) groups is 1. The molecule has 130 valence electrons. The average molecular weight is 350 g/mol. The second kappa shape index (κ2) is 5.78. The Hall–Kier alpha value is -3.46. The average Bonchev–Trinajstić information content (AvgIpc) is 2.69. The summed E-state index contributed by atoms with van der Waals surface area (Å²) in [5.74, 6) is 0.849. The lowest BCUT2D eigenvalue weighted by Crippen LogP contribution is -2.11. The standard InChI is InChI=1S/C24H18N2O/c1-14-10-11-21(15(2)12-14)26-24-19-9-5-8-18-22(19)20(13-25-24)16-6-3-4-7-17(16)23(18)27/h3-13H,1-2H3,(H,25,26). The number of nitrogens with one attached hydrogen (secondary N) is 1. The number of hydrogen-bond donors (Lipinski definition) is 1. The lowest BCUT2D eigenvalue weighted by molar-refractivity contribution is 0.104. The summed E-state index contributed by atoms with van der Waals surface area (Å²) in [6, 6.07) is 19.9. The van der Waals surface area contributed by atoms with Gasteiger partial charge in [0.1, 0.15) is 5.82 Å². The molecule has 1 aromatic heterocycles. The Morgan fingerprint density at radius 2 is 1.59 bits per heavy atom. The van der Waals surface area contributed by atoms with E-state index in [1.54, 1.807) is 0 Å². The van der Waals surface area contributed by atoms with Crippen LogP contribution in [0.2, 0.25) is 0 Å². The number of anilines is 2. The number of aromatic nitrogens is 1. The normalized spacial score (nSPS) is 12.1. The van der Waals surface area contributed by atoms with Crippen molar-refractivity contribution in [2.45, 2.75) is 13.8 Å². The molecule has 0 spiro atoms. The van der Waals surface area contributed by atoms with Crippen molar-refractivity contribution in [1.82, 2.24) is 4.98 Å². The van der Waals surface area contributed by atoms with Gasteiger partial charge in [0.2, 0.25) is 0 Å². The highest BCUT2D eigenvalue weighted by molar-refractivity contribution is 6.26. The highest BCUT2D eigenvalue weighted by Gasteiger charge is 2.26. The van der Waals surface area contributed by atoms with Gasteiger partial charge in [0, 0.05) is 39.3 Å². The zero-order valence-electron chi connectivity index (χ0n) is 15.2. The Labute approximate surface area is 157 Å². The number of pyridine rings is 1. The third-order valence-electron chi connectivity index (χ3n) is 5.25. The van der Waals surface area contributed by atoms with Crippen LogP contribution in [0.3, 0.4) is 0 Å². The van der Waals surface area contributed by atoms with E-state index in [4.69, 9.17) is 4.98 Å². The molecule has 0 atom stereocenters. The summed E-state index contributed by atoms with van der Waals surface area (Å²) in [7, 11) is 0. The number of hydrogen-bond acceptors (Lipinski definition) is 3. The van der Waals surface area contributed by atoms with Gasteiger partial charge in [-0.15, -0.1) is 0 Å². The molecule has 3 heteroatoms. The maximum Gasteiger partial charge on any atom is 0.194 e. The van der Waals surface area contributed by atoms with Crippen LogP contribution in [0.4, 0.5) is 11.5 Å². The molecule has 0 saturated heterocycles. The third kappa shape index (κ3) is 2.36. The van der Waals surface area contributed by atoms with Crippen molar-refractivity contribution in [3.63, 3.8) is 0 Å². The van der Waals surface area contributed by atoms with E-state index in [9.17, 15) is 4.79 Å². The van der Waals surface area contributed by atoms with Gasteiger partial charge in [0.05, 0.1) is 0 Å². The van der Waals surface area contributed by atoms with Crippen LogP contribution in [-0.4, -0.2) is 10.8 Å². The predicted octanol–water partition coefficient (Wildman–Crippen LogP) is 5.81. The first-order chi connectivity index (χ1) is 13.1. The summed E-state index contributed by atoms with van der Waals surface area (Å²) in [6.07, 6.45) is 1.88. The topological polar surface area (TPSA) is 42.0 Å². The van der Waals surface area contributed by atoms with Crippen molar-refractivity contribution in [3.8, 4) is 11.1 Å². The summed E-state index contributed by atoms with van der Waals surface area (Å²) in [4.78, 5) is 17.7. The number of ketones is 1. The molecule has 0 aliphatic heterocycles.